The van der Waals surface area contributed by atoms with Crippen LogP contribution >= 0.6 is 0 Å². The predicted octanol–water partition coefficient (Wildman–Crippen LogP) is 22.9. The van der Waals surface area contributed by atoms with Crippen LogP contribution in [-0.4, -0.2) is 124 Å². The van der Waals surface area contributed by atoms with E-state index in [9.17, 15) is 75.3 Å². The van der Waals surface area contributed by atoms with Crippen molar-refractivity contribution in [2.45, 2.75) is 372 Å². The number of unbranched alkanes of at least 4 members (excludes halogenated alkanes) is 9. The molecule has 1 saturated heterocycles. The van der Waals surface area contributed by atoms with Gasteiger partial charge in [0, 0.05) is 86.1 Å². The van der Waals surface area contributed by atoms with E-state index in [0.717, 1.165) is 91.0 Å². The highest BCUT2D eigenvalue weighted by molar-refractivity contribution is 7.01. The number of carboxylic acid groups (broad SMARTS) is 1. The van der Waals surface area contributed by atoms with Crippen LogP contribution in [0.25, 0.3) is 0 Å². The van der Waals surface area contributed by atoms with Crippen molar-refractivity contribution in [2.75, 3.05) is 0 Å². The largest absolute Gasteiger partial charge is 0.506 e. The second kappa shape index (κ2) is 51.1. The van der Waals surface area contributed by atoms with Gasteiger partial charge in [-0.05, 0) is 230 Å². The van der Waals surface area contributed by atoms with E-state index in [1.165, 1.54) is 17.6 Å². The molecule has 123 heavy (non-hydrogen) atoms. The number of hydroxylamine groups is 2. The molecule has 4 aromatic carbocycles. The number of aliphatic carboxylic acids is 1. The normalized spacial score (nSPS) is 20.5. The third-order valence-electron chi connectivity index (χ3n) is 25.8. The molecule has 1 aliphatic heterocycles. The summed E-state index contributed by atoms with van der Waals surface area (Å²) in [5.41, 5.74) is -0.0799. The molecule has 4 fully saturated rings. The third kappa shape index (κ3) is 33.0. The third-order valence-corrected chi connectivity index (χ3v) is 35.7. The number of nitrogens with zero attached hydrogens (tertiary/aromatic N) is 1. The Labute approximate surface area is 734 Å². The SMILES string of the molecule is CC1(C)CCCC(C)(C)N1O.CCCCC(F)(F)C(=O)CC[C@H]1CCC(=O)[C@@H]1CCCC/C=C/C(=O)O.CCCCC(F)(F)C(=O)CC[C@H]1CCC(=O)[C@@H]1CCCC/C=C/C(=O)O[Si](c1ccccc1)(c1ccccc1)C(C)(C)C.CCCCC(F)(F)C(O)CC[C@H]1CC[C@H](O)[C@@H]1CCCC/C=C/C(=O)O[Si](c1ccccc1)(c1ccccc1)C(C)(C)C. The summed E-state index contributed by atoms with van der Waals surface area (Å²) in [6, 6.07) is 40.2. The molecule has 0 amide bonds. The number of allylic oxidation sites excluding steroid dienone is 3. The topological polar surface area (TPSA) is 222 Å². The molecule has 1 heterocycles. The van der Waals surface area contributed by atoms with Gasteiger partial charge < -0.3 is 29.4 Å². The lowest BCUT2D eigenvalue weighted by atomic mass is 9.82. The minimum absolute atomic E-state index is 0.00426. The van der Waals surface area contributed by atoms with Crippen molar-refractivity contribution in [3.05, 3.63) is 158 Å². The predicted molar refractivity (Wildman–Crippen MR) is 485 cm³/mol. The van der Waals surface area contributed by atoms with Gasteiger partial charge in [0.1, 0.15) is 17.7 Å². The Morgan fingerprint density at radius 3 is 1.17 bits per heavy atom. The summed E-state index contributed by atoms with van der Waals surface area (Å²) in [5, 5.41) is 44.1. The van der Waals surface area contributed by atoms with Crippen molar-refractivity contribution in [2.24, 2.45) is 35.5 Å². The molecule has 3 saturated carbocycles. The molecular formula is C101H149F6NO13Si2. The first kappa shape index (κ1) is 107. The van der Waals surface area contributed by atoms with Gasteiger partial charge in [0.25, 0.3) is 5.92 Å². The number of hydrogen-bond donors (Lipinski definition) is 4. The van der Waals surface area contributed by atoms with Crippen LogP contribution < -0.4 is 20.7 Å². The number of benzene rings is 4. The van der Waals surface area contributed by atoms with Crippen LogP contribution in [0.2, 0.25) is 10.1 Å². The van der Waals surface area contributed by atoms with Crippen LogP contribution in [0.4, 0.5) is 26.3 Å². The molecular weight excluding hydrogens is 1610 g/mol. The number of hydrogen-bond acceptors (Lipinski definition) is 13. The lowest BCUT2D eigenvalue weighted by molar-refractivity contribution is -0.241. The van der Waals surface area contributed by atoms with Gasteiger partial charge in [0.2, 0.25) is 11.6 Å². The Kier molecular flexibility index (Phi) is 44.3. The molecule has 4 aliphatic rings. The zero-order valence-corrected chi connectivity index (χ0v) is 78.3. The monoisotopic (exact) mass is 1750 g/mol. The lowest BCUT2D eigenvalue weighted by Gasteiger charge is -2.48. The standard InChI is InChI=1S/C36H52F2O4Si.C36H48F2O4Si.C20H30F2O4.C9H19NO/c2*1-5-6-27-36(37,38)33(40)26-24-28-23-25-32(39)31(28)21-15-7-8-16-22-34(41)42-43(35(2,3)4,29-17-11-9-12-18-29)30-19-13-10-14-20-30;1-2-3-14-20(21,22)18(24)13-11-15-10-12-17(23)16(15)8-6-4-5-7-9-19(25)26;1-8(2)6-5-7-9(3,4)10(8)11/h9-14,16-20,22,28,31-33,39-40H,5-8,15,21,23-27H2,1-4H3;9-14,16-20,22,28,31H,5-8,15,21,23-27H2,1-4H3;7,9,15-16H,2-6,8,10-14H2,1H3,(H,25,26);11H,5-7H2,1-4H3/b2*22-16+;9-7+;/t28-,31-,32+,33?;28-,31-;15-,16-;/m111./s1. The van der Waals surface area contributed by atoms with E-state index in [2.05, 4.69) is 93.5 Å². The number of aliphatic hydroxyl groups excluding tert-OH is 2. The van der Waals surface area contributed by atoms with E-state index >= 15 is 0 Å². The van der Waals surface area contributed by atoms with Crippen molar-refractivity contribution < 1.29 is 89.3 Å². The average molecular weight is 1760 g/mol. The number of carbonyl (C=O) groups is 7. The highest BCUT2D eigenvalue weighted by atomic mass is 28.4. The highest BCUT2D eigenvalue weighted by Crippen LogP contribution is 2.44. The number of rotatable bonds is 45. The van der Waals surface area contributed by atoms with Crippen LogP contribution in [0, 0.1) is 35.5 Å². The van der Waals surface area contributed by atoms with Gasteiger partial charge in [-0.3, -0.25) is 19.2 Å². The molecule has 0 spiro atoms. The maximum atomic E-state index is 14.2. The van der Waals surface area contributed by atoms with Gasteiger partial charge in [-0.1, -0.05) is 240 Å². The molecule has 686 valence electrons. The smallest absolute Gasteiger partial charge is 0.327 e. The first-order valence-corrected chi connectivity index (χ1v) is 49.8. The van der Waals surface area contributed by atoms with E-state index in [0.29, 0.717) is 122 Å². The fourth-order valence-corrected chi connectivity index (χ4v) is 27.3. The summed E-state index contributed by atoms with van der Waals surface area (Å²) in [6.07, 6.45) is 26.6. The van der Waals surface area contributed by atoms with E-state index in [4.69, 9.17) is 14.0 Å². The molecule has 8 atom stereocenters. The molecule has 0 radical (unpaired) electrons. The molecule has 14 nitrogen and oxygen atoms in total. The van der Waals surface area contributed by atoms with Crippen LogP contribution in [0.3, 0.4) is 0 Å². The Morgan fingerprint density at radius 1 is 0.480 bits per heavy atom. The van der Waals surface area contributed by atoms with Crippen LogP contribution in [0.5, 0.6) is 0 Å². The summed E-state index contributed by atoms with van der Waals surface area (Å²) in [7, 11) is -5.91. The van der Waals surface area contributed by atoms with Gasteiger partial charge in [-0.2, -0.15) is 22.6 Å². The van der Waals surface area contributed by atoms with Crippen LogP contribution in [-0.2, 0) is 42.4 Å². The number of piperidine rings is 1. The maximum absolute atomic E-state index is 14.2. The Morgan fingerprint density at radius 2 is 0.829 bits per heavy atom. The first-order chi connectivity index (χ1) is 58.0. The second-order valence-electron chi connectivity index (χ2n) is 38.2. The second-order valence-corrected chi connectivity index (χ2v) is 46.6. The summed E-state index contributed by atoms with van der Waals surface area (Å²) >= 11 is 0. The maximum Gasteiger partial charge on any atom is 0.327 e. The van der Waals surface area contributed by atoms with Crippen molar-refractivity contribution in [1.82, 2.24) is 5.06 Å². The fraction of sp³-hybridized carbons (Fsp3) is 0.634. The summed E-state index contributed by atoms with van der Waals surface area (Å²) in [6.45, 7) is 26.7. The quantitative estimate of drug-likeness (QED) is 0.0140. The van der Waals surface area contributed by atoms with E-state index in [1.54, 1.807) is 12.2 Å². The van der Waals surface area contributed by atoms with E-state index in [1.807, 2.05) is 130 Å². The summed E-state index contributed by atoms with van der Waals surface area (Å²) in [5.74, 6) is -12.9. The summed E-state index contributed by atoms with van der Waals surface area (Å²) < 4.78 is 97.1. The van der Waals surface area contributed by atoms with Crippen molar-refractivity contribution >= 4 is 78.4 Å². The molecule has 8 rings (SSSR count). The fourth-order valence-electron chi connectivity index (χ4n) is 18.7. The number of carboxylic acids is 1. The van der Waals surface area contributed by atoms with Gasteiger partial charge in [-0.15, -0.1) is 0 Å². The molecule has 4 N–H and O–H groups in total. The van der Waals surface area contributed by atoms with Crippen molar-refractivity contribution in [3.63, 3.8) is 0 Å². The van der Waals surface area contributed by atoms with E-state index < -0.39 is 70.6 Å². The van der Waals surface area contributed by atoms with Gasteiger partial charge >= 0.3 is 46.4 Å². The minimum atomic E-state index is -3.27. The van der Waals surface area contributed by atoms with Crippen LogP contribution in [0.1, 0.15) is 321 Å². The molecule has 22 heteroatoms. The zero-order valence-electron chi connectivity index (χ0n) is 76.3. The van der Waals surface area contributed by atoms with E-state index in [-0.39, 0.29) is 112 Å². The molecule has 0 bridgehead atoms. The van der Waals surface area contributed by atoms with Gasteiger partial charge in [0.15, 0.2) is 0 Å². The number of halogens is 6. The molecule has 3 aliphatic carbocycles. The number of carbonyl (C=O) groups excluding carboxylic acids is 6. The molecule has 0 aromatic heterocycles. The Balaban J connectivity index is 0.000000316. The zero-order chi connectivity index (χ0) is 91.3. The average Bonchev–Trinajstić information content (AvgIpc) is 1.74. The lowest BCUT2D eigenvalue weighted by Crippen LogP contribution is -2.67. The number of aliphatic hydroxyl groups is 2. The van der Waals surface area contributed by atoms with Crippen molar-refractivity contribution in [3.8, 4) is 0 Å². The summed E-state index contributed by atoms with van der Waals surface area (Å²) in [4.78, 5) is 85.4. The number of alkyl halides is 6. The van der Waals surface area contributed by atoms with Gasteiger partial charge in [0.05, 0.1) is 6.10 Å². The Bertz CT molecular complexity index is 3830. The van der Waals surface area contributed by atoms with Gasteiger partial charge in [-0.25, -0.2) is 23.2 Å². The number of ketones is 4. The highest BCUT2D eigenvalue weighted by Gasteiger charge is 2.55. The van der Waals surface area contributed by atoms with Crippen molar-refractivity contribution in [1.29, 1.82) is 0 Å². The number of Topliss-reactive ketones (excluding diaryl/α,β-unsaturated/α-hetero) is 4. The Hall–Kier alpha value is -6.96. The van der Waals surface area contributed by atoms with Crippen LogP contribution in [0.15, 0.2) is 158 Å². The minimum Gasteiger partial charge on any atom is -0.506 e. The molecule has 1 unspecified atom stereocenters. The first-order valence-electron chi connectivity index (χ1n) is 46.0. The molecule has 4 aromatic rings.